The maximum atomic E-state index is 10.8. The molecule has 0 saturated carbocycles. The zero-order chi connectivity index (χ0) is 11.4. The third-order valence-corrected chi connectivity index (χ3v) is 1.90. The molecule has 0 radical (unpaired) electrons. The summed E-state index contributed by atoms with van der Waals surface area (Å²) in [5.74, 6) is -0.549. The number of carbonyl (C=O) groups is 1. The molecule has 1 aliphatic heterocycles. The van der Waals surface area contributed by atoms with E-state index < -0.39 is 5.91 Å². The predicted octanol–water partition coefficient (Wildman–Crippen LogP) is 0.158. The van der Waals surface area contributed by atoms with Crippen LogP contribution in [0.5, 0.6) is 0 Å². The monoisotopic (exact) mass is 200 g/mol. The number of rotatable bonds is 1. The maximum Gasteiger partial charge on any atom is 0.250 e. The van der Waals surface area contributed by atoms with Gasteiger partial charge in [-0.3, -0.25) is 4.79 Å². The first-order valence-corrected chi connectivity index (χ1v) is 4.07. The molecule has 0 aromatic carbocycles. The summed E-state index contributed by atoms with van der Waals surface area (Å²) in [5, 5.41) is 17.3. The molecule has 0 atom stereocenters. The number of hydrogen-bond acceptors (Lipinski definition) is 4. The Morgan fingerprint density at radius 1 is 1.40 bits per heavy atom. The van der Waals surface area contributed by atoms with Gasteiger partial charge >= 0.3 is 0 Å². The number of amides is 1. The molecule has 2 N–H and O–H groups in total. The van der Waals surface area contributed by atoms with Crippen molar-refractivity contribution in [3.05, 3.63) is 35.2 Å². The number of likely N-dealkylation sites (N-methyl/N-ethyl adjacent to an activating group) is 1. The van der Waals surface area contributed by atoms with Gasteiger partial charge in [0.25, 0.3) is 0 Å². The Kier molecular flexibility index (Phi) is 2.90. The molecular weight excluding hydrogens is 192 g/mol. The molecule has 0 unspecified atom stereocenters. The van der Waals surface area contributed by atoms with Crippen LogP contribution in [0.2, 0.25) is 0 Å². The average Bonchev–Trinajstić information content (AvgIpc) is 2.21. The van der Waals surface area contributed by atoms with Gasteiger partial charge in [0.2, 0.25) is 5.91 Å². The minimum Gasteiger partial charge on any atom is -0.366 e. The zero-order valence-electron chi connectivity index (χ0n) is 8.06. The van der Waals surface area contributed by atoms with Crippen LogP contribution in [0, 0.1) is 22.7 Å². The Bertz CT molecular complexity index is 455. The van der Waals surface area contributed by atoms with Gasteiger partial charge in [-0.1, -0.05) is 0 Å². The molecule has 1 amide bonds. The van der Waals surface area contributed by atoms with Crippen LogP contribution in [-0.4, -0.2) is 17.9 Å². The van der Waals surface area contributed by atoms with Crippen molar-refractivity contribution in [1.29, 1.82) is 10.5 Å². The summed E-state index contributed by atoms with van der Waals surface area (Å²) in [6.45, 7) is 0. The first kappa shape index (κ1) is 10.6. The second kappa shape index (κ2) is 4.12. The van der Waals surface area contributed by atoms with Gasteiger partial charge in [0.1, 0.15) is 12.1 Å². The second-order valence-corrected chi connectivity index (χ2v) is 2.88. The largest absolute Gasteiger partial charge is 0.366 e. The lowest BCUT2D eigenvalue weighted by Gasteiger charge is -2.19. The van der Waals surface area contributed by atoms with E-state index in [4.69, 9.17) is 16.3 Å². The van der Waals surface area contributed by atoms with E-state index in [1.165, 1.54) is 23.3 Å². The van der Waals surface area contributed by atoms with Crippen molar-refractivity contribution in [1.82, 2.24) is 4.90 Å². The molecule has 74 valence electrons. The molecular formula is C10H8N4O. The van der Waals surface area contributed by atoms with Crippen molar-refractivity contribution < 1.29 is 4.79 Å². The minimum atomic E-state index is -0.549. The predicted molar refractivity (Wildman–Crippen MR) is 52.4 cm³/mol. The summed E-state index contributed by atoms with van der Waals surface area (Å²) in [6.07, 6.45) is 4.47. The Morgan fingerprint density at radius 3 is 2.40 bits per heavy atom. The lowest BCUT2D eigenvalue weighted by atomic mass is 10.1. The highest BCUT2D eigenvalue weighted by Crippen LogP contribution is 2.17. The normalized spacial score (nSPS) is 13.9. The molecule has 5 nitrogen and oxygen atoms in total. The fourth-order valence-corrected chi connectivity index (χ4v) is 1.15. The van der Waals surface area contributed by atoms with E-state index in [2.05, 4.69) is 0 Å². The van der Waals surface area contributed by atoms with Crippen molar-refractivity contribution in [2.75, 3.05) is 7.05 Å². The van der Waals surface area contributed by atoms with Gasteiger partial charge in [-0.25, -0.2) is 0 Å². The molecule has 15 heavy (non-hydrogen) atoms. The van der Waals surface area contributed by atoms with E-state index >= 15 is 0 Å². The number of nitriles is 2. The molecule has 0 bridgehead atoms. The van der Waals surface area contributed by atoms with Crippen LogP contribution in [0.15, 0.2) is 35.2 Å². The Hall–Kier alpha value is -2.53. The summed E-state index contributed by atoms with van der Waals surface area (Å²) in [4.78, 5) is 12.4. The Labute approximate surface area is 87.0 Å². The highest BCUT2D eigenvalue weighted by Gasteiger charge is 2.13. The van der Waals surface area contributed by atoms with E-state index in [-0.39, 0.29) is 5.57 Å². The van der Waals surface area contributed by atoms with Crippen molar-refractivity contribution in [3.63, 3.8) is 0 Å². The minimum absolute atomic E-state index is 0.00600. The van der Waals surface area contributed by atoms with Crippen molar-refractivity contribution in [3.8, 4) is 12.1 Å². The third-order valence-electron chi connectivity index (χ3n) is 1.90. The number of carbonyl (C=O) groups excluding carboxylic acids is 1. The van der Waals surface area contributed by atoms with Crippen LogP contribution in [0.4, 0.5) is 0 Å². The van der Waals surface area contributed by atoms with Crippen LogP contribution in [0.25, 0.3) is 0 Å². The SMILES string of the molecule is CN1C=C(C(N)=O)C=CC1=C(C#N)C#N. The summed E-state index contributed by atoms with van der Waals surface area (Å²) < 4.78 is 0. The molecule has 0 aromatic rings. The summed E-state index contributed by atoms with van der Waals surface area (Å²) in [5.41, 5.74) is 5.86. The molecule has 0 aromatic heterocycles. The molecule has 1 rings (SSSR count). The molecule has 0 aliphatic carbocycles. The molecule has 0 saturated heterocycles. The summed E-state index contributed by atoms with van der Waals surface area (Å²) in [7, 11) is 1.64. The highest BCUT2D eigenvalue weighted by atomic mass is 16.1. The quantitative estimate of drug-likeness (QED) is 0.610. The summed E-state index contributed by atoms with van der Waals surface area (Å²) in [6, 6.07) is 3.55. The zero-order valence-corrected chi connectivity index (χ0v) is 8.06. The molecule has 1 heterocycles. The van der Waals surface area contributed by atoms with Gasteiger partial charge in [0.05, 0.1) is 11.3 Å². The molecule has 1 aliphatic rings. The fraction of sp³-hybridized carbons (Fsp3) is 0.100. The van der Waals surface area contributed by atoms with Crippen molar-refractivity contribution in [2.24, 2.45) is 5.73 Å². The smallest absolute Gasteiger partial charge is 0.250 e. The number of nitrogens with two attached hydrogens (primary N) is 1. The Balaban J connectivity index is 3.14. The molecule has 5 heteroatoms. The molecule has 0 fully saturated rings. The van der Waals surface area contributed by atoms with Crippen molar-refractivity contribution >= 4 is 5.91 Å². The lowest BCUT2D eigenvalue weighted by Crippen LogP contribution is -2.21. The summed E-state index contributed by atoms with van der Waals surface area (Å²) >= 11 is 0. The van der Waals surface area contributed by atoms with Crippen LogP contribution in [-0.2, 0) is 4.79 Å². The lowest BCUT2D eigenvalue weighted by molar-refractivity contribution is -0.114. The number of nitrogens with zero attached hydrogens (tertiary/aromatic N) is 3. The van der Waals surface area contributed by atoms with Crippen LogP contribution < -0.4 is 5.73 Å². The number of allylic oxidation sites excluding steroid dienone is 2. The van der Waals surface area contributed by atoms with Gasteiger partial charge in [-0.05, 0) is 12.2 Å². The van der Waals surface area contributed by atoms with Gasteiger partial charge in [-0.15, -0.1) is 0 Å². The van der Waals surface area contributed by atoms with Gasteiger partial charge in [0, 0.05) is 13.2 Å². The first-order valence-electron chi connectivity index (χ1n) is 4.07. The number of hydrogen-bond donors (Lipinski definition) is 1. The van der Waals surface area contributed by atoms with Gasteiger partial charge in [0.15, 0.2) is 5.57 Å². The third kappa shape index (κ3) is 2.04. The van der Waals surface area contributed by atoms with E-state index in [1.807, 2.05) is 0 Å². The second-order valence-electron chi connectivity index (χ2n) is 2.88. The maximum absolute atomic E-state index is 10.8. The van der Waals surface area contributed by atoms with Gasteiger partial charge < -0.3 is 10.6 Å². The topological polar surface area (TPSA) is 93.9 Å². The highest BCUT2D eigenvalue weighted by molar-refractivity contribution is 5.95. The van der Waals surface area contributed by atoms with E-state index in [1.54, 1.807) is 19.2 Å². The standard InChI is InChI=1S/C10H8N4O/c1-14-6-7(10(13)15)2-3-9(14)8(4-11)5-12/h2-3,6H,1H3,(H2,13,15). The average molecular weight is 200 g/mol. The number of primary amides is 1. The van der Waals surface area contributed by atoms with E-state index in [9.17, 15) is 4.79 Å². The van der Waals surface area contributed by atoms with Crippen LogP contribution in [0.1, 0.15) is 0 Å². The van der Waals surface area contributed by atoms with Crippen LogP contribution >= 0.6 is 0 Å². The van der Waals surface area contributed by atoms with E-state index in [0.717, 1.165) is 0 Å². The van der Waals surface area contributed by atoms with Crippen molar-refractivity contribution in [2.45, 2.75) is 0 Å². The van der Waals surface area contributed by atoms with Crippen LogP contribution in [0.3, 0.4) is 0 Å². The first-order chi connectivity index (χ1) is 7.10. The van der Waals surface area contributed by atoms with Gasteiger partial charge in [-0.2, -0.15) is 10.5 Å². The Morgan fingerprint density at radius 2 is 2.00 bits per heavy atom. The fourth-order valence-electron chi connectivity index (χ4n) is 1.15. The van der Waals surface area contributed by atoms with E-state index in [0.29, 0.717) is 11.3 Å². The molecule has 0 spiro atoms.